The maximum atomic E-state index is 11.2. The Bertz CT molecular complexity index is 213. The van der Waals surface area contributed by atoms with E-state index in [2.05, 4.69) is 12.7 Å². The van der Waals surface area contributed by atoms with Crippen molar-refractivity contribution >= 4 is 5.78 Å². The summed E-state index contributed by atoms with van der Waals surface area (Å²) in [5.41, 5.74) is 1.08. The minimum Gasteiger partial charge on any atom is -0.299 e. The second kappa shape index (κ2) is 3.04. The maximum absolute atomic E-state index is 11.2. The van der Waals surface area contributed by atoms with Crippen LogP contribution >= 0.6 is 0 Å². The van der Waals surface area contributed by atoms with Crippen LogP contribution in [-0.4, -0.2) is 5.78 Å². The lowest BCUT2D eigenvalue weighted by Gasteiger charge is -2.18. The molecule has 0 amide bonds. The first-order valence-corrected chi connectivity index (χ1v) is 3.97. The lowest BCUT2D eigenvalue weighted by Crippen LogP contribution is -2.18. The van der Waals surface area contributed by atoms with Gasteiger partial charge in [0.2, 0.25) is 0 Å². The third-order valence-corrected chi connectivity index (χ3v) is 2.19. The van der Waals surface area contributed by atoms with Crippen molar-refractivity contribution in [1.82, 2.24) is 0 Å². The average Bonchev–Trinajstić information content (AvgIpc) is 1.94. The van der Waals surface area contributed by atoms with Crippen LogP contribution in [0, 0.1) is 11.8 Å². The Morgan fingerprint density at radius 3 is 2.73 bits per heavy atom. The van der Waals surface area contributed by atoms with Crippen molar-refractivity contribution in [2.24, 2.45) is 11.8 Å². The van der Waals surface area contributed by atoms with Gasteiger partial charge in [0, 0.05) is 18.3 Å². The Labute approximate surface area is 67.8 Å². The third-order valence-electron chi connectivity index (χ3n) is 2.19. The number of hydrogen-bond donors (Lipinski definition) is 0. The zero-order valence-electron chi connectivity index (χ0n) is 7.13. The van der Waals surface area contributed by atoms with Gasteiger partial charge in [0.15, 0.2) is 0 Å². The summed E-state index contributed by atoms with van der Waals surface area (Å²) in [6, 6.07) is 0. The molecule has 0 fully saturated rings. The molecular formula is C10H14O. The first-order valence-electron chi connectivity index (χ1n) is 3.97. The average molecular weight is 150 g/mol. The molecule has 1 heteroatoms. The van der Waals surface area contributed by atoms with Gasteiger partial charge in [-0.05, 0) is 6.92 Å². The van der Waals surface area contributed by atoms with Crippen molar-refractivity contribution in [3.63, 3.8) is 0 Å². The molecule has 2 atom stereocenters. The minimum atomic E-state index is 0.116. The van der Waals surface area contributed by atoms with Crippen LogP contribution in [0.2, 0.25) is 0 Å². The molecule has 1 aliphatic carbocycles. The summed E-state index contributed by atoms with van der Waals surface area (Å²) in [5.74, 6) is 0.741. The van der Waals surface area contributed by atoms with E-state index < -0.39 is 0 Å². The molecule has 0 aromatic carbocycles. The number of hydrogen-bond acceptors (Lipinski definition) is 1. The highest BCUT2D eigenvalue weighted by Crippen LogP contribution is 2.23. The second-order valence-electron chi connectivity index (χ2n) is 3.30. The summed E-state index contributed by atoms with van der Waals surface area (Å²) in [7, 11) is 0. The Morgan fingerprint density at radius 1 is 1.64 bits per heavy atom. The van der Waals surface area contributed by atoms with E-state index in [0.717, 1.165) is 5.57 Å². The third kappa shape index (κ3) is 1.79. The van der Waals surface area contributed by atoms with Crippen LogP contribution in [0.15, 0.2) is 24.3 Å². The molecule has 1 aliphatic rings. The van der Waals surface area contributed by atoms with E-state index in [1.165, 1.54) is 0 Å². The summed E-state index contributed by atoms with van der Waals surface area (Å²) >= 11 is 0. The Hall–Kier alpha value is -0.850. The molecule has 0 heterocycles. The van der Waals surface area contributed by atoms with Crippen LogP contribution in [0.1, 0.15) is 20.3 Å². The highest BCUT2D eigenvalue weighted by molar-refractivity contribution is 5.84. The molecule has 0 aliphatic heterocycles. The van der Waals surface area contributed by atoms with Gasteiger partial charge in [-0.1, -0.05) is 31.2 Å². The number of ketones is 1. The zero-order valence-corrected chi connectivity index (χ0v) is 7.13. The van der Waals surface area contributed by atoms with E-state index in [0.29, 0.717) is 18.1 Å². The molecule has 0 aromatic heterocycles. The molecule has 0 bridgehead atoms. The van der Waals surface area contributed by atoms with E-state index in [1.807, 2.05) is 19.9 Å². The topological polar surface area (TPSA) is 17.1 Å². The van der Waals surface area contributed by atoms with Crippen molar-refractivity contribution in [2.75, 3.05) is 0 Å². The van der Waals surface area contributed by atoms with Gasteiger partial charge in [-0.25, -0.2) is 0 Å². The van der Waals surface area contributed by atoms with Gasteiger partial charge in [0.1, 0.15) is 5.78 Å². The first-order chi connectivity index (χ1) is 5.11. The summed E-state index contributed by atoms with van der Waals surface area (Å²) < 4.78 is 0. The molecule has 1 nitrogen and oxygen atoms in total. The molecule has 0 aromatic rings. The standard InChI is InChI=1S/C10H14O/c1-7(2)9-5-4-8(3)10(11)6-9/h4-5,8-9H,1,6H2,2-3H3/t8?,9-/m1/s1. The fourth-order valence-electron chi connectivity index (χ4n) is 1.22. The normalized spacial score (nSPS) is 30.5. The molecule has 0 saturated heterocycles. The molecule has 60 valence electrons. The number of carbonyl (C=O) groups excluding carboxylic acids is 1. The van der Waals surface area contributed by atoms with Crippen molar-refractivity contribution < 1.29 is 4.79 Å². The summed E-state index contributed by atoms with van der Waals surface area (Å²) in [6.45, 7) is 7.74. The largest absolute Gasteiger partial charge is 0.299 e. The van der Waals surface area contributed by atoms with E-state index in [9.17, 15) is 4.79 Å². The number of Topliss-reactive ketones (excluding diaryl/α,β-unsaturated/α-hetero) is 1. The van der Waals surface area contributed by atoms with E-state index in [-0.39, 0.29) is 5.92 Å². The Kier molecular flexibility index (Phi) is 2.28. The van der Waals surface area contributed by atoms with Gasteiger partial charge in [-0.2, -0.15) is 0 Å². The van der Waals surface area contributed by atoms with Gasteiger partial charge in [-0.3, -0.25) is 4.79 Å². The lowest BCUT2D eigenvalue weighted by atomic mass is 9.85. The molecule has 0 spiro atoms. The monoisotopic (exact) mass is 150 g/mol. The smallest absolute Gasteiger partial charge is 0.140 e. The van der Waals surface area contributed by atoms with Crippen LogP contribution in [0.25, 0.3) is 0 Å². The van der Waals surface area contributed by atoms with Crippen molar-refractivity contribution in [1.29, 1.82) is 0 Å². The summed E-state index contributed by atoms with van der Waals surface area (Å²) in [6.07, 6.45) is 4.71. The summed E-state index contributed by atoms with van der Waals surface area (Å²) in [4.78, 5) is 11.2. The van der Waals surface area contributed by atoms with Crippen LogP contribution in [-0.2, 0) is 4.79 Å². The SMILES string of the molecule is C=C(C)[C@@H]1C=CC(C)C(=O)C1. The Morgan fingerprint density at radius 2 is 2.27 bits per heavy atom. The fraction of sp³-hybridized carbons (Fsp3) is 0.500. The Balaban J connectivity index is 2.71. The fourth-order valence-corrected chi connectivity index (χ4v) is 1.22. The predicted molar refractivity (Wildman–Crippen MR) is 46.2 cm³/mol. The van der Waals surface area contributed by atoms with E-state index in [1.54, 1.807) is 0 Å². The maximum Gasteiger partial charge on any atom is 0.140 e. The van der Waals surface area contributed by atoms with Gasteiger partial charge < -0.3 is 0 Å². The van der Waals surface area contributed by atoms with Crippen LogP contribution in [0.4, 0.5) is 0 Å². The highest BCUT2D eigenvalue weighted by atomic mass is 16.1. The van der Waals surface area contributed by atoms with Crippen molar-refractivity contribution in [3.05, 3.63) is 24.3 Å². The highest BCUT2D eigenvalue weighted by Gasteiger charge is 2.20. The number of allylic oxidation sites excluding steroid dienone is 3. The van der Waals surface area contributed by atoms with Crippen LogP contribution in [0.5, 0.6) is 0 Å². The van der Waals surface area contributed by atoms with Crippen LogP contribution in [0.3, 0.4) is 0 Å². The number of rotatable bonds is 1. The quantitative estimate of drug-likeness (QED) is 0.524. The van der Waals surface area contributed by atoms with Crippen molar-refractivity contribution in [3.8, 4) is 0 Å². The molecule has 0 saturated carbocycles. The second-order valence-corrected chi connectivity index (χ2v) is 3.30. The van der Waals surface area contributed by atoms with E-state index in [4.69, 9.17) is 0 Å². The molecular weight excluding hydrogens is 136 g/mol. The van der Waals surface area contributed by atoms with Gasteiger partial charge >= 0.3 is 0 Å². The number of carbonyl (C=O) groups is 1. The summed E-state index contributed by atoms with van der Waals surface area (Å²) in [5, 5.41) is 0. The van der Waals surface area contributed by atoms with Crippen molar-refractivity contribution in [2.45, 2.75) is 20.3 Å². The zero-order chi connectivity index (χ0) is 8.43. The minimum absolute atomic E-state index is 0.116. The van der Waals surface area contributed by atoms with Gasteiger partial charge in [0.05, 0.1) is 0 Å². The van der Waals surface area contributed by atoms with Gasteiger partial charge in [-0.15, -0.1) is 0 Å². The molecule has 11 heavy (non-hydrogen) atoms. The van der Waals surface area contributed by atoms with E-state index >= 15 is 0 Å². The first kappa shape index (κ1) is 8.25. The van der Waals surface area contributed by atoms with Gasteiger partial charge in [0.25, 0.3) is 0 Å². The molecule has 0 N–H and O–H groups in total. The lowest BCUT2D eigenvalue weighted by molar-refractivity contribution is -0.121. The molecule has 0 radical (unpaired) electrons. The molecule has 1 unspecified atom stereocenters. The predicted octanol–water partition coefficient (Wildman–Crippen LogP) is 2.34. The van der Waals surface area contributed by atoms with Crippen LogP contribution < -0.4 is 0 Å². The molecule has 1 rings (SSSR count).